The van der Waals surface area contributed by atoms with E-state index in [2.05, 4.69) is 31.3 Å². The molecule has 0 aromatic heterocycles. The summed E-state index contributed by atoms with van der Waals surface area (Å²) in [5, 5.41) is 6.33. The van der Waals surface area contributed by atoms with Gasteiger partial charge < -0.3 is 19.6 Å². The third-order valence-electron chi connectivity index (χ3n) is 8.55. The molecule has 7 heteroatoms. The highest BCUT2D eigenvalue weighted by atomic mass is 16.2. The van der Waals surface area contributed by atoms with Gasteiger partial charge in [0.2, 0.25) is 0 Å². The second-order valence-corrected chi connectivity index (χ2v) is 12.0. The number of likely N-dealkylation sites (tertiary alicyclic amines) is 2. The van der Waals surface area contributed by atoms with E-state index in [0.29, 0.717) is 39.1 Å². The summed E-state index contributed by atoms with van der Waals surface area (Å²) in [6.07, 6.45) is 7.15. The molecule has 1 aliphatic carbocycles. The average Bonchev–Trinajstić information content (AvgIpc) is 2.87. The van der Waals surface area contributed by atoms with Gasteiger partial charge in [0.1, 0.15) is 6.54 Å². The van der Waals surface area contributed by atoms with Crippen molar-refractivity contribution in [3.63, 3.8) is 0 Å². The van der Waals surface area contributed by atoms with E-state index in [-0.39, 0.29) is 23.0 Å². The van der Waals surface area contributed by atoms with Gasteiger partial charge in [-0.05, 0) is 50.7 Å². The first-order valence-corrected chi connectivity index (χ1v) is 14.0. The zero-order valence-electron chi connectivity index (χ0n) is 22.8. The molecule has 2 saturated heterocycles. The molecule has 2 fully saturated rings. The Kier molecular flexibility index (Phi) is 7.25. The van der Waals surface area contributed by atoms with Crippen LogP contribution in [0.25, 0.3) is 0 Å². The highest BCUT2D eigenvalue weighted by molar-refractivity contribution is 6.32. The molecule has 1 amide bonds. The van der Waals surface area contributed by atoms with Gasteiger partial charge in [0.25, 0.3) is 5.91 Å². The Balaban J connectivity index is 1.38. The van der Waals surface area contributed by atoms with Crippen molar-refractivity contribution >= 4 is 28.8 Å². The van der Waals surface area contributed by atoms with Crippen LogP contribution in [0.1, 0.15) is 70.4 Å². The molecule has 2 heterocycles. The van der Waals surface area contributed by atoms with E-state index in [1.165, 1.54) is 25.7 Å². The van der Waals surface area contributed by atoms with Gasteiger partial charge in [0, 0.05) is 11.1 Å². The minimum absolute atomic E-state index is 0.130. The Bertz CT molecular complexity index is 1190. The van der Waals surface area contributed by atoms with Gasteiger partial charge in [-0.25, -0.2) is 0 Å². The maximum absolute atomic E-state index is 13.8. The van der Waals surface area contributed by atoms with Crippen LogP contribution in [0.5, 0.6) is 0 Å². The number of ketones is 2. The summed E-state index contributed by atoms with van der Waals surface area (Å²) in [4.78, 5) is 40.6. The first-order chi connectivity index (χ1) is 18.2. The van der Waals surface area contributed by atoms with Crippen LogP contribution in [0.3, 0.4) is 0 Å². The lowest BCUT2D eigenvalue weighted by Crippen LogP contribution is -2.52. The zero-order valence-corrected chi connectivity index (χ0v) is 22.8. The Morgan fingerprint density at radius 2 is 1.16 bits per heavy atom. The topological polar surface area (TPSA) is 75.3 Å². The largest absolute Gasteiger partial charge is 0.354 e. The second kappa shape index (κ2) is 10.5. The smallest absolute Gasteiger partial charge is 0.279 e. The van der Waals surface area contributed by atoms with Gasteiger partial charge in [0.05, 0.1) is 68.5 Å². The molecule has 2 aromatic carbocycles. The van der Waals surface area contributed by atoms with Gasteiger partial charge in [-0.2, -0.15) is 0 Å². The number of nitrogens with one attached hydrogen (secondary N) is 2. The molecule has 38 heavy (non-hydrogen) atoms. The number of rotatable bonds is 7. The highest BCUT2D eigenvalue weighted by Gasteiger charge is 2.35. The van der Waals surface area contributed by atoms with Crippen molar-refractivity contribution < 1.29 is 23.3 Å². The van der Waals surface area contributed by atoms with Crippen LogP contribution in [0, 0.1) is 0 Å². The quantitative estimate of drug-likeness (QED) is 0.451. The van der Waals surface area contributed by atoms with Crippen LogP contribution in [-0.4, -0.2) is 79.8 Å². The van der Waals surface area contributed by atoms with Crippen LogP contribution < -0.4 is 10.6 Å². The Hall–Kier alpha value is -3.29. The summed E-state index contributed by atoms with van der Waals surface area (Å²) in [6.45, 7) is 9.57. The van der Waals surface area contributed by atoms with Crippen LogP contribution >= 0.6 is 0 Å². The van der Waals surface area contributed by atoms with Crippen LogP contribution in [0.4, 0.5) is 11.4 Å². The molecule has 0 radical (unpaired) electrons. The van der Waals surface area contributed by atoms with Crippen molar-refractivity contribution in [1.82, 2.24) is 0 Å². The van der Waals surface area contributed by atoms with E-state index in [1.54, 1.807) is 30.3 Å². The van der Waals surface area contributed by atoms with E-state index in [9.17, 15) is 14.4 Å². The minimum Gasteiger partial charge on any atom is -0.354 e. The third-order valence-corrected chi connectivity index (χ3v) is 8.55. The number of amides is 1. The Labute approximate surface area is 225 Å². The van der Waals surface area contributed by atoms with E-state index in [0.717, 1.165) is 55.7 Å². The standard InChI is InChI=1S/C31H38N4O3/c1-22(20-34(2)16-6-4-7-17-34)32-25-14-10-12-23-28(25)30(37)24-13-11-15-26(29(24)31(23)38)33-27(36)21-35(3)18-8-5-9-19-35/h10-15H,1,4-9,16-21H2,2-3H3/p+2. The molecule has 2 N–H and O–H groups in total. The van der Waals surface area contributed by atoms with Gasteiger partial charge in [-0.1, -0.05) is 30.8 Å². The second-order valence-electron chi connectivity index (χ2n) is 12.0. The number of piperidine rings is 2. The minimum atomic E-state index is -0.242. The highest BCUT2D eigenvalue weighted by Crippen LogP contribution is 2.36. The first-order valence-electron chi connectivity index (χ1n) is 14.0. The SMILES string of the molecule is C=C(C[N+]1(C)CCCCC1)Nc1cccc2c1C(=O)c1cccc(NC(=O)C[N+]3(C)CCCCC3)c1C2=O. The molecule has 200 valence electrons. The summed E-state index contributed by atoms with van der Waals surface area (Å²) in [5.74, 6) is -0.585. The fraction of sp³-hybridized carbons (Fsp3) is 0.452. The lowest BCUT2D eigenvalue weighted by Gasteiger charge is -2.38. The van der Waals surface area contributed by atoms with Gasteiger partial charge >= 0.3 is 0 Å². The molecule has 2 aliphatic heterocycles. The van der Waals surface area contributed by atoms with Crippen molar-refractivity contribution in [2.75, 3.05) is 64.0 Å². The average molecular weight is 517 g/mol. The molecule has 0 saturated carbocycles. The monoisotopic (exact) mass is 516 g/mol. The Morgan fingerprint density at radius 1 is 0.711 bits per heavy atom. The molecule has 0 atom stereocenters. The summed E-state index contributed by atoms with van der Waals surface area (Å²) >= 11 is 0. The maximum Gasteiger partial charge on any atom is 0.279 e. The molecule has 2 aromatic rings. The number of fused-ring (bicyclic) bond motifs is 2. The lowest BCUT2D eigenvalue weighted by atomic mass is 9.82. The zero-order chi connectivity index (χ0) is 26.9. The molecule has 0 spiro atoms. The summed E-state index contributed by atoms with van der Waals surface area (Å²) in [6, 6.07) is 10.5. The maximum atomic E-state index is 13.8. The van der Waals surface area contributed by atoms with Crippen LogP contribution in [-0.2, 0) is 4.79 Å². The number of benzene rings is 2. The van der Waals surface area contributed by atoms with Crippen molar-refractivity contribution in [2.45, 2.75) is 38.5 Å². The summed E-state index contributed by atoms with van der Waals surface area (Å²) in [7, 11) is 4.36. The number of carbonyl (C=O) groups is 3. The van der Waals surface area contributed by atoms with Gasteiger partial charge in [-0.15, -0.1) is 0 Å². The van der Waals surface area contributed by atoms with E-state index in [1.807, 2.05) is 6.07 Å². The first kappa shape index (κ1) is 26.3. The predicted octanol–water partition coefficient (Wildman–Crippen LogP) is 4.59. The van der Waals surface area contributed by atoms with E-state index in [4.69, 9.17) is 0 Å². The van der Waals surface area contributed by atoms with Crippen LogP contribution in [0.15, 0.2) is 48.7 Å². The van der Waals surface area contributed by atoms with Crippen molar-refractivity contribution in [3.8, 4) is 0 Å². The van der Waals surface area contributed by atoms with Crippen molar-refractivity contribution in [2.24, 2.45) is 0 Å². The fourth-order valence-electron chi connectivity index (χ4n) is 6.54. The number of hydrogen-bond acceptors (Lipinski definition) is 4. The van der Waals surface area contributed by atoms with Crippen LogP contribution in [0.2, 0.25) is 0 Å². The van der Waals surface area contributed by atoms with Gasteiger partial charge in [0.15, 0.2) is 18.1 Å². The third kappa shape index (κ3) is 5.31. The molecule has 3 aliphatic rings. The predicted molar refractivity (Wildman–Crippen MR) is 150 cm³/mol. The van der Waals surface area contributed by atoms with Crippen molar-refractivity contribution in [1.29, 1.82) is 0 Å². The molecule has 0 bridgehead atoms. The number of carbonyl (C=O) groups excluding carboxylic acids is 3. The molecule has 7 nitrogen and oxygen atoms in total. The molecular formula is C31H40N4O3+2. The Morgan fingerprint density at radius 3 is 1.66 bits per heavy atom. The normalized spacial score (nSPS) is 19.7. The summed E-state index contributed by atoms with van der Waals surface area (Å²) in [5.41, 5.74) is 3.19. The number of anilines is 2. The number of hydrogen-bond donors (Lipinski definition) is 2. The molecule has 5 rings (SSSR count). The lowest BCUT2D eigenvalue weighted by molar-refractivity contribution is -0.909. The number of quaternary nitrogens is 2. The fourth-order valence-corrected chi connectivity index (χ4v) is 6.54. The molecular weight excluding hydrogens is 476 g/mol. The summed E-state index contributed by atoms with van der Waals surface area (Å²) < 4.78 is 1.63. The van der Waals surface area contributed by atoms with Gasteiger partial charge in [-0.3, -0.25) is 14.4 Å². The number of likely N-dealkylation sites (N-methyl/N-ethyl adjacent to an activating group) is 2. The van der Waals surface area contributed by atoms with Crippen molar-refractivity contribution in [3.05, 3.63) is 70.9 Å². The van der Waals surface area contributed by atoms with E-state index >= 15 is 0 Å². The molecule has 0 unspecified atom stereocenters. The number of nitrogens with zero attached hydrogens (tertiary/aromatic N) is 2. The van der Waals surface area contributed by atoms with E-state index < -0.39 is 0 Å².